The smallest absolute Gasteiger partial charge is 0.338 e. The molecule has 0 unspecified atom stereocenters. The number of benzene rings is 2. The van der Waals surface area contributed by atoms with Gasteiger partial charge in [-0.1, -0.05) is 289 Å². The van der Waals surface area contributed by atoms with Gasteiger partial charge < -0.3 is 19.7 Å². The lowest BCUT2D eigenvalue weighted by molar-refractivity contribution is -0.143. The number of rotatable bonds is 36. The predicted molar refractivity (Wildman–Crippen MR) is 310 cm³/mol. The zero-order valence-electron chi connectivity index (χ0n) is 49.9. The molecule has 0 heterocycles. The number of ether oxygens (including phenoxy) is 2. The monoisotopic (exact) mass is 1000 g/mol. The summed E-state index contributed by atoms with van der Waals surface area (Å²) in [6.45, 7) is 30.6. The molecule has 0 aliphatic heterocycles. The number of aryl methyl sites for hydroxylation is 1. The molecule has 0 amide bonds. The van der Waals surface area contributed by atoms with Crippen molar-refractivity contribution < 1.29 is 29.3 Å². The number of carbonyl (C=O) groups is 2. The van der Waals surface area contributed by atoms with Crippen molar-refractivity contribution in [1.82, 2.24) is 0 Å². The van der Waals surface area contributed by atoms with E-state index in [1.807, 2.05) is 0 Å². The third kappa shape index (κ3) is 30.4. The molecule has 2 rings (SSSR count). The molecule has 2 aromatic carbocycles. The average molecular weight is 1010 g/mol. The second-order valence-electron chi connectivity index (χ2n) is 25.7. The van der Waals surface area contributed by atoms with E-state index in [1.165, 1.54) is 167 Å². The third-order valence-corrected chi connectivity index (χ3v) is 14.4. The molecular weight excluding hydrogens is 889 g/mol. The lowest BCUT2D eigenvalue weighted by Crippen LogP contribution is -2.19. The highest BCUT2D eigenvalue weighted by atomic mass is 16.5. The molecular formula is C66H116O6. The minimum Gasteiger partial charge on any atom is -0.507 e. The summed E-state index contributed by atoms with van der Waals surface area (Å²) in [5, 5.41) is 21.7. The van der Waals surface area contributed by atoms with Gasteiger partial charge in [-0.3, -0.25) is 4.79 Å². The molecule has 2 aromatic rings. The lowest BCUT2D eigenvalue weighted by atomic mass is 9.78. The van der Waals surface area contributed by atoms with Gasteiger partial charge in [0.15, 0.2) is 0 Å². The van der Waals surface area contributed by atoms with Crippen LogP contribution in [0.2, 0.25) is 0 Å². The molecule has 6 heteroatoms. The molecule has 0 fully saturated rings. The highest BCUT2D eigenvalue weighted by molar-refractivity contribution is 5.90. The van der Waals surface area contributed by atoms with Crippen LogP contribution in [0.5, 0.6) is 11.5 Å². The Kier molecular flexibility index (Phi) is 34.3. The van der Waals surface area contributed by atoms with E-state index in [4.69, 9.17) is 9.47 Å². The molecule has 416 valence electrons. The van der Waals surface area contributed by atoms with Crippen LogP contribution in [0.3, 0.4) is 0 Å². The predicted octanol–water partition coefficient (Wildman–Crippen LogP) is 20.3. The van der Waals surface area contributed by atoms with Gasteiger partial charge in [0.1, 0.15) is 11.5 Å². The van der Waals surface area contributed by atoms with Crippen LogP contribution in [0.15, 0.2) is 24.3 Å². The molecule has 0 saturated carbocycles. The fourth-order valence-corrected chi connectivity index (χ4v) is 9.58. The SMILES string of the molecule is CCCCCCCCCCCCCCCCCCOC(=O)CCc1cc(C(C)(C)C)c(O)c(C(C)(C)C)c1.CCCCCCCCCCCCCCCCOC(=O)c1cc(C(C)(C)C)c(O)c(C(C)(C)C)c1. The zero-order chi connectivity index (χ0) is 54.1. The Bertz CT molecular complexity index is 1660. The highest BCUT2D eigenvalue weighted by Gasteiger charge is 2.29. The minimum atomic E-state index is -0.286. The van der Waals surface area contributed by atoms with Crippen LogP contribution in [-0.4, -0.2) is 35.4 Å². The van der Waals surface area contributed by atoms with Crippen molar-refractivity contribution >= 4 is 11.9 Å². The third-order valence-electron chi connectivity index (χ3n) is 14.4. The summed E-state index contributed by atoms with van der Waals surface area (Å²) < 4.78 is 11.1. The molecule has 0 atom stereocenters. The van der Waals surface area contributed by atoms with Crippen molar-refractivity contribution in [3.05, 3.63) is 57.6 Å². The van der Waals surface area contributed by atoms with Gasteiger partial charge in [-0.2, -0.15) is 0 Å². The van der Waals surface area contributed by atoms with Crippen molar-refractivity contribution in [3.63, 3.8) is 0 Å². The van der Waals surface area contributed by atoms with Crippen molar-refractivity contribution in [3.8, 4) is 11.5 Å². The van der Waals surface area contributed by atoms with Crippen molar-refractivity contribution in [2.24, 2.45) is 0 Å². The number of unbranched alkanes of at least 4 members (excludes halogenated alkanes) is 28. The first-order valence-corrected chi connectivity index (χ1v) is 30.0. The Morgan fingerprint density at radius 1 is 0.375 bits per heavy atom. The van der Waals surface area contributed by atoms with E-state index in [-0.39, 0.29) is 33.6 Å². The molecule has 2 N–H and O–H groups in total. The van der Waals surface area contributed by atoms with Gasteiger partial charge in [-0.15, -0.1) is 0 Å². The molecule has 0 saturated heterocycles. The summed E-state index contributed by atoms with van der Waals surface area (Å²) >= 11 is 0. The topological polar surface area (TPSA) is 93.1 Å². The molecule has 6 nitrogen and oxygen atoms in total. The Morgan fingerprint density at radius 3 is 0.903 bits per heavy atom. The molecule has 0 aliphatic carbocycles. The summed E-state index contributed by atoms with van der Waals surface area (Å²) in [4.78, 5) is 25.1. The molecule has 0 aromatic heterocycles. The molecule has 72 heavy (non-hydrogen) atoms. The molecule has 0 bridgehead atoms. The van der Waals surface area contributed by atoms with E-state index >= 15 is 0 Å². The van der Waals surface area contributed by atoms with Crippen molar-refractivity contribution in [2.45, 2.75) is 324 Å². The summed E-state index contributed by atoms with van der Waals surface area (Å²) in [6, 6.07) is 7.73. The van der Waals surface area contributed by atoms with Crippen LogP contribution in [0.25, 0.3) is 0 Å². The van der Waals surface area contributed by atoms with Crippen LogP contribution < -0.4 is 0 Å². The Balaban J connectivity index is 0.000000724. The van der Waals surface area contributed by atoms with Crippen LogP contribution in [0.1, 0.15) is 334 Å². The number of hydrogen-bond donors (Lipinski definition) is 2. The first-order valence-electron chi connectivity index (χ1n) is 30.0. The largest absolute Gasteiger partial charge is 0.507 e. The van der Waals surface area contributed by atoms with Gasteiger partial charge in [-0.25, -0.2) is 4.79 Å². The van der Waals surface area contributed by atoms with Gasteiger partial charge in [-0.05, 0) is 69.7 Å². The fraction of sp³-hybridized carbons (Fsp3) is 0.788. The highest BCUT2D eigenvalue weighted by Crippen LogP contribution is 2.41. The molecule has 0 radical (unpaired) electrons. The Morgan fingerprint density at radius 2 is 0.625 bits per heavy atom. The van der Waals surface area contributed by atoms with E-state index in [0.29, 0.717) is 43.1 Å². The van der Waals surface area contributed by atoms with Crippen LogP contribution in [0, 0.1) is 0 Å². The van der Waals surface area contributed by atoms with Crippen molar-refractivity contribution in [2.75, 3.05) is 13.2 Å². The average Bonchev–Trinajstić information content (AvgIpc) is 3.29. The first-order chi connectivity index (χ1) is 33.9. The van der Waals surface area contributed by atoms with Crippen LogP contribution >= 0.6 is 0 Å². The maximum absolute atomic E-state index is 12.7. The van der Waals surface area contributed by atoms with E-state index < -0.39 is 0 Å². The summed E-state index contributed by atoms with van der Waals surface area (Å²) in [6.07, 6.45) is 40.9. The van der Waals surface area contributed by atoms with Gasteiger partial charge in [0, 0.05) is 17.5 Å². The number of esters is 2. The quantitative estimate of drug-likeness (QED) is 0.0522. The first kappa shape index (κ1) is 67.0. The minimum absolute atomic E-state index is 0.117. The van der Waals surface area contributed by atoms with Gasteiger partial charge in [0.05, 0.1) is 18.8 Å². The van der Waals surface area contributed by atoms with E-state index in [9.17, 15) is 19.8 Å². The maximum Gasteiger partial charge on any atom is 0.338 e. The summed E-state index contributed by atoms with van der Waals surface area (Å²) in [5.41, 5.74) is 4.29. The van der Waals surface area contributed by atoms with Crippen molar-refractivity contribution in [1.29, 1.82) is 0 Å². The Hall–Kier alpha value is -3.02. The second-order valence-corrected chi connectivity index (χ2v) is 25.7. The normalized spacial score (nSPS) is 12.2. The van der Waals surface area contributed by atoms with Gasteiger partial charge >= 0.3 is 11.9 Å². The number of phenolic OH excluding ortho intramolecular Hbond substituents is 2. The summed E-state index contributed by atoms with van der Waals surface area (Å²) in [7, 11) is 0. The van der Waals surface area contributed by atoms with Crippen LogP contribution in [-0.2, 0) is 42.3 Å². The number of hydrogen-bond acceptors (Lipinski definition) is 6. The molecule has 0 spiro atoms. The second kappa shape index (κ2) is 36.8. The number of aromatic hydroxyl groups is 2. The fourth-order valence-electron chi connectivity index (χ4n) is 9.58. The Labute approximate surface area is 445 Å². The van der Waals surface area contributed by atoms with E-state index in [2.05, 4.69) is 109 Å². The summed E-state index contributed by atoms with van der Waals surface area (Å²) in [5.74, 6) is 0.280. The van der Waals surface area contributed by atoms with Gasteiger partial charge in [0.2, 0.25) is 0 Å². The zero-order valence-corrected chi connectivity index (χ0v) is 49.9. The molecule has 0 aliphatic rings. The van der Waals surface area contributed by atoms with E-state index in [0.717, 1.165) is 53.5 Å². The van der Waals surface area contributed by atoms with E-state index in [1.54, 1.807) is 12.1 Å². The lowest BCUT2D eigenvalue weighted by Gasteiger charge is -2.28. The number of phenols is 2. The van der Waals surface area contributed by atoms with Gasteiger partial charge in [0.25, 0.3) is 0 Å². The maximum atomic E-state index is 12.7. The number of carbonyl (C=O) groups excluding carboxylic acids is 2. The standard InChI is InChI=1S/C35H62O3.C31H54O3/c1-8-9-10-11-12-13-14-15-16-17-18-19-20-21-22-23-26-38-32(36)25-24-29-27-30(34(2,3)4)33(37)31(28-29)35(5,6)7;1-8-9-10-11-12-13-14-15-16-17-18-19-20-21-22-34-29(33)25-23-26(30(2,3)4)28(32)27(24-25)31(5,6)7/h27-28,37H,8-26H2,1-7H3;23-24,32H,8-22H2,1-7H3. The van der Waals surface area contributed by atoms with Crippen LogP contribution in [0.4, 0.5) is 0 Å².